The van der Waals surface area contributed by atoms with E-state index in [0.717, 1.165) is 18.8 Å². The second-order valence-electron chi connectivity index (χ2n) is 4.32. The molecular formula is C11H18N2O. The van der Waals surface area contributed by atoms with Crippen LogP contribution in [-0.2, 0) is 4.79 Å². The molecule has 0 aliphatic carbocycles. The maximum absolute atomic E-state index is 11.3. The summed E-state index contributed by atoms with van der Waals surface area (Å²) in [5.74, 6) is 0.139. The molecule has 2 fully saturated rings. The summed E-state index contributed by atoms with van der Waals surface area (Å²) in [5, 5.41) is 0. The summed E-state index contributed by atoms with van der Waals surface area (Å²) < 4.78 is 0. The van der Waals surface area contributed by atoms with Crippen molar-refractivity contribution in [3.05, 3.63) is 12.3 Å². The van der Waals surface area contributed by atoms with Crippen LogP contribution >= 0.6 is 0 Å². The number of piperidine rings is 1. The molecule has 1 unspecified atom stereocenters. The zero-order chi connectivity index (χ0) is 10.1. The molecule has 2 rings (SSSR count). The summed E-state index contributed by atoms with van der Waals surface area (Å²) in [4.78, 5) is 15.6. The third kappa shape index (κ3) is 1.69. The van der Waals surface area contributed by atoms with Gasteiger partial charge in [-0.2, -0.15) is 0 Å². The highest BCUT2D eigenvalue weighted by Crippen LogP contribution is 2.24. The molecule has 3 heteroatoms. The number of piperazine rings is 1. The van der Waals surface area contributed by atoms with Gasteiger partial charge in [0.1, 0.15) is 0 Å². The molecule has 2 saturated heterocycles. The van der Waals surface area contributed by atoms with E-state index in [0.29, 0.717) is 6.04 Å². The molecule has 14 heavy (non-hydrogen) atoms. The van der Waals surface area contributed by atoms with Gasteiger partial charge in [-0.25, -0.2) is 0 Å². The van der Waals surface area contributed by atoms with Gasteiger partial charge in [0.2, 0.25) is 5.91 Å². The van der Waals surface area contributed by atoms with Crippen LogP contribution in [0.2, 0.25) is 0 Å². The minimum absolute atomic E-state index is 0.139. The van der Waals surface area contributed by atoms with E-state index in [1.54, 1.807) is 6.92 Å². The Bertz CT molecular complexity index is 262. The highest BCUT2D eigenvalue weighted by Gasteiger charge is 2.31. The quantitative estimate of drug-likeness (QED) is 0.579. The molecule has 0 aromatic heterocycles. The Balaban J connectivity index is 2.07. The summed E-state index contributed by atoms with van der Waals surface area (Å²) in [7, 11) is 0. The van der Waals surface area contributed by atoms with Crippen molar-refractivity contribution in [1.82, 2.24) is 9.80 Å². The van der Waals surface area contributed by atoms with Gasteiger partial charge in [0.25, 0.3) is 0 Å². The molecule has 2 aliphatic heterocycles. The molecule has 0 spiro atoms. The van der Waals surface area contributed by atoms with Gasteiger partial charge in [-0.1, -0.05) is 13.0 Å². The topological polar surface area (TPSA) is 23.6 Å². The molecular weight excluding hydrogens is 176 g/mol. The minimum atomic E-state index is 0.139. The van der Waals surface area contributed by atoms with E-state index in [1.165, 1.54) is 25.8 Å². The van der Waals surface area contributed by atoms with Gasteiger partial charge >= 0.3 is 0 Å². The molecule has 0 bridgehead atoms. The van der Waals surface area contributed by atoms with Gasteiger partial charge in [-0.05, 0) is 19.4 Å². The second kappa shape index (κ2) is 3.73. The molecule has 78 valence electrons. The van der Waals surface area contributed by atoms with Crippen molar-refractivity contribution in [1.29, 1.82) is 0 Å². The lowest BCUT2D eigenvalue weighted by atomic mass is 9.99. The van der Waals surface area contributed by atoms with Crippen molar-refractivity contribution in [2.24, 2.45) is 0 Å². The lowest BCUT2D eigenvalue weighted by molar-refractivity contribution is -0.129. The maximum Gasteiger partial charge on any atom is 0.223 e. The lowest BCUT2D eigenvalue weighted by Crippen LogP contribution is -2.54. The summed E-state index contributed by atoms with van der Waals surface area (Å²) in [6, 6.07) is 0.582. The Kier molecular flexibility index (Phi) is 2.59. The van der Waals surface area contributed by atoms with Crippen molar-refractivity contribution in [2.45, 2.75) is 32.2 Å². The molecule has 1 amide bonds. The summed E-state index contributed by atoms with van der Waals surface area (Å²) in [6.45, 7) is 8.51. The Morgan fingerprint density at radius 1 is 1.50 bits per heavy atom. The van der Waals surface area contributed by atoms with Gasteiger partial charge in [0.15, 0.2) is 0 Å². The van der Waals surface area contributed by atoms with E-state index in [-0.39, 0.29) is 5.91 Å². The van der Waals surface area contributed by atoms with Crippen LogP contribution in [0.1, 0.15) is 26.2 Å². The van der Waals surface area contributed by atoms with Crippen molar-refractivity contribution < 1.29 is 4.79 Å². The fourth-order valence-corrected chi connectivity index (χ4v) is 2.49. The van der Waals surface area contributed by atoms with Crippen molar-refractivity contribution >= 4 is 5.91 Å². The van der Waals surface area contributed by atoms with Crippen LogP contribution in [0.4, 0.5) is 0 Å². The largest absolute Gasteiger partial charge is 0.314 e. The normalized spacial score (nSPS) is 28.8. The highest BCUT2D eigenvalue weighted by molar-refractivity contribution is 5.75. The van der Waals surface area contributed by atoms with Crippen LogP contribution in [0.25, 0.3) is 0 Å². The van der Waals surface area contributed by atoms with E-state index in [9.17, 15) is 4.79 Å². The van der Waals surface area contributed by atoms with Crippen LogP contribution in [-0.4, -0.2) is 41.4 Å². The smallest absolute Gasteiger partial charge is 0.223 e. The third-order valence-electron chi connectivity index (χ3n) is 3.29. The van der Waals surface area contributed by atoms with E-state index in [1.807, 2.05) is 4.90 Å². The van der Waals surface area contributed by atoms with Crippen molar-refractivity contribution in [2.75, 3.05) is 19.6 Å². The van der Waals surface area contributed by atoms with Crippen LogP contribution in [0.15, 0.2) is 12.3 Å². The number of fused-ring (bicyclic) bond motifs is 1. The third-order valence-corrected chi connectivity index (χ3v) is 3.29. The zero-order valence-corrected chi connectivity index (χ0v) is 8.83. The Labute approximate surface area is 85.4 Å². The second-order valence-corrected chi connectivity index (χ2v) is 4.32. The lowest BCUT2D eigenvalue weighted by Gasteiger charge is -2.44. The van der Waals surface area contributed by atoms with Gasteiger partial charge in [0, 0.05) is 31.8 Å². The zero-order valence-electron chi connectivity index (χ0n) is 8.83. The first-order chi connectivity index (χ1) is 6.68. The van der Waals surface area contributed by atoms with Crippen molar-refractivity contribution in [3.8, 4) is 0 Å². The maximum atomic E-state index is 11.3. The van der Waals surface area contributed by atoms with Gasteiger partial charge in [0.05, 0.1) is 0 Å². The molecule has 0 N–H and O–H groups in total. The Hall–Kier alpha value is -0.830. The molecule has 0 radical (unpaired) electrons. The monoisotopic (exact) mass is 194 g/mol. The van der Waals surface area contributed by atoms with Crippen molar-refractivity contribution in [3.63, 3.8) is 0 Å². The fraction of sp³-hybridized carbons (Fsp3) is 0.727. The first-order valence-corrected chi connectivity index (χ1v) is 5.38. The molecule has 2 heterocycles. The molecule has 0 aromatic rings. The van der Waals surface area contributed by atoms with Gasteiger partial charge < -0.3 is 4.90 Å². The number of amides is 1. The fourth-order valence-electron chi connectivity index (χ4n) is 2.49. The molecule has 2 aliphatic rings. The van der Waals surface area contributed by atoms with E-state index in [2.05, 4.69) is 11.5 Å². The van der Waals surface area contributed by atoms with Crippen LogP contribution in [0, 0.1) is 0 Å². The number of hydrogen-bond donors (Lipinski definition) is 0. The average molecular weight is 194 g/mol. The Morgan fingerprint density at radius 3 is 3.00 bits per heavy atom. The molecule has 1 atom stereocenters. The Morgan fingerprint density at radius 2 is 2.29 bits per heavy atom. The number of carbonyl (C=O) groups is 1. The highest BCUT2D eigenvalue weighted by atomic mass is 16.2. The van der Waals surface area contributed by atoms with E-state index < -0.39 is 0 Å². The minimum Gasteiger partial charge on any atom is -0.314 e. The summed E-state index contributed by atoms with van der Waals surface area (Å²) in [5.41, 5.74) is 0.968. The summed E-state index contributed by atoms with van der Waals surface area (Å²) in [6.07, 6.45) is 3.83. The van der Waals surface area contributed by atoms with Crippen LogP contribution in [0.5, 0.6) is 0 Å². The standard InChI is InChI=1S/C11H18N2O/c1-9-7-12-6-4-3-5-11(12)8-13(9)10(2)14/h11H,1,3-8H2,2H3. The average Bonchev–Trinajstić information content (AvgIpc) is 2.16. The predicted octanol–water partition coefficient (Wildman–Crippen LogP) is 1.22. The SMILES string of the molecule is C=C1CN2CCCCC2CN1C(C)=O. The van der Waals surface area contributed by atoms with Crippen LogP contribution < -0.4 is 0 Å². The number of hydrogen-bond acceptors (Lipinski definition) is 2. The number of nitrogens with zero attached hydrogens (tertiary/aromatic N) is 2. The summed E-state index contributed by atoms with van der Waals surface area (Å²) >= 11 is 0. The first-order valence-electron chi connectivity index (χ1n) is 5.38. The first kappa shape index (κ1) is 9.71. The predicted molar refractivity (Wildman–Crippen MR) is 55.7 cm³/mol. The van der Waals surface area contributed by atoms with Crippen LogP contribution in [0.3, 0.4) is 0 Å². The van der Waals surface area contributed by atoms with E-state index in [4.69, 9.17) is 0 Å². The molecule has 3 nitrogen and oxygen atoms in total. The van der Waals surface area contributed by atoms with E-state index >= 15 is 0 Å². The number of carbonyl (C=O) groups excluding carboxylic acids is 1. The molecule has 0 aromatic carbocycles. The molecule has 0 saturated carbocycles. The van der Waals surface area contributed by atoms with Gasteiger partial charge in [-0.15, -0.1) is 0 Å². The van der Waals surface area contributed by atoms with Gasteiger partial charge in [-0.3, -0.25) is 9.69 Å². The number of rotatable bonds is 0.